The molecule has 0 saturated carbocycles. The van der Waals surface area contributed by atoms with Crippen LogP contribution < -0.4 is 0 Å². The molecule has 0 bridgehead atoms. The van der Waals surface area contributed by atoms with Crippen LogP contribution in [0.4, 0.5) is 0 Å². The van der Waals surface area contributed by atoms with Crippen molar-refractivity contribution >= 4 is 17.6 Å². The van der Waals surface area contributed by atoms with Crippen LogP contribution >= 0.6 is 0 Å². The van der Waals surface area contributed by atoms with Crippen LogP contribution in [0, 0.1) is 19.8 Å². The van der Waals surface area contributed by atoms with E-state index in [1.807, 2.05) is 11.7 Å². The summed E-state index contributed by atoms with van der Waals surface area (Å²) >= 11 is 0. The molecule has 40 heavy (non-hydrogen) atoms. The Balaban J connectivity index is 1.41. The van der Waals surface area contributed by atoms with Crippen LogP contribution in [0.25, 0.3) is 5.57 Å². The number of likely N-dealkylation sites (tertiary alicyclic amines) is 1. The average Bonchev–Trinajstić information content (AvgIpc) is 3.51. The van der Waals surface area contributed by atoms with Gasteiger partial charge in [-0.15, -0.1) is 0 Å². The lowest BCUT2D eigenvalue weighted by molar-refractivity contribution is 0.202. The van der Waals surface area contributed by atoms with Crippen LogP contribution in [0.2, 0.25) is 0 Å². The molecule has 2 aromatic rings. The SMILES string of the molecule is CCC(/C1=C/CCC2N=CN=C2/C(C)=C\1)=C(\c1cc(C2CCN(Cc3cc(C)n(C)n3)CC2)ccc1C)C(C)C. The molecule has 0 radical (unpaired) electrons. The first-order valence-corrected chi connectivity index (χ1v) is 15.3. The fourth-order valence-electron chi connectivity index (χ4n) is 6.80. The fraction of sp³-hybridized carbons (Fsp3) is 0.514. The zero-order chi connectivity index (χ0) is 28.4. The molecular formula is C35H47N5. The Morgan fingerprint density at radius 1 is 1.05 bits per heavy atom. The molecule has 1 unspecified atom stereocenters. The van der Waals surface area contributed by atoms with Crippen molar-refractivity contribution in [2.75, 3.05) is 13.1 Å². The summed E-state index contributed by atoms with van der Waals surface area (Å²) in [7, 11) is 2.03. The van der Waals surface area contributed by atoms with Crippen molar-refractivity contribution in [2.45, 2.75) is 92.2 Å². The number of hydrogen-bond donors (Lipinski definition) is 0. The third-order valence-electron chi connectivity index (χ3n) is 9.10. The van der Waals surface area contributed by atoms with E-state index in [0.717, 1.165) is 44.6 Å². The summed E-state index contributed by atoms with van der Waals surface area (Å²) < 4.78 is 1.98. The number of allylic oxidation sites excluding steroid dienone is 5. The van der Waals surface area contributed by atoms with E-state index in [0.29, 0.717) is 11.8 Å². The molecule has 5 nitrogen and oxygen atoms in total. The number of fused-ring (bicyclic) bond motifs is 1. The third-order valence-corrected chi connectivity index (χ3v) is 9.10. The first-order valence-electron chi connectivity index (χ1n) is 15.3. The van der Waals surface area contributed by atoms with Crippen LogP contribution in [0.3, 0.4) is 0 Å². The summed E-state index contributed by atoms with van der Waals surface area (Å²) in [4.78, 5) is 11.8. The van der Waals surface area contributed by atoms with E-state index >= 15 is 0 Å². The zero-order valence-electron chi connectivity index (χ0n) is 25.7. The second-order valence-corrected chi connectivity index (χ2v) is 12.3. The minimum Gasteiger partial charge on any atom is -0.297 e. The van der Waals surface area contributed by atoms with E-state index in [9.17, 15) is 0 Å². The Morgan fingerprint density at radius 2 is 1.82 bits per heavy atom. The molecule has 0 N–H and O–H groups in total. The highest BCUT2D eigenvalue weighted by Crippen LogP contribution is 2.38. The van der Waals surface area contributed by atoms with Gasteiger partial charge in [0.15, 0.2) is 0 Å². The zero-order valence-corrected chi connectivity index (χ0v) is 25.7. The van der Waals surface area contributed by atoms with E-state index in [4.69, 9.17) is 0 Å². The van der Waals surface area contributed by atoms with E-state index in [1.165, 1.54) is 63.2 Å². The Labute approximate surface area is 241 Å². The molecule has 1 aromatic heterocycles. The van der Waals surface area contributed by atoms with Crippen molar-refractivity contribution in [1.82, 2.24) is 14.7 Å². The Kier molecular flexibility index (Phi) is 8.70. The van der Waals surface area contributed by atoms with Gasteiger partial charge >= 0.3 is 0 Å². The van der Waals surface area contributed by atoms with E-state index in [-0.39, 0.29) is 6.04 Å². The van der Waals surface area contributed by atoms with Crippen molar-refractivity contribution in [3.63, 3.8) is 0 Å². The molecule has 0 spiro atoms. The number of aliphatic imine (C=N–C) groups is 2. The topological polar surface area (TPSA) is 45.8 Å². The van der Waals surface area contributed by atoms with Crippen LogP contribution in [0.1, 0.15) is 93.8 Å². The van der Waals surface area contributed by atoms with Crippen LogP contribution in [-0.4, -0.2) is 45.9 Å². The Hall–Kier alpha value is -3.05. The quantitative estimate of drug-likeness (QED) is 0.362. The van der Waals surface area contributed by atoms with Gasteiger partial charge in [0.1, 0.15) is 6.34 Å². The van der Waals surface area contributed by atoms with E-state index < -0.39 is 0 Å². The maximum Gasteiger partial charge on any atom is 0.111 e. The first kappa shape index (κ1) is 28.5. The summed E-state index contributed by atoms with van der Waals surface area (Å²) in [5, 5.41) is 4.68. The van der Waals surface area contributed by atoms with Gasteiger partial charge in [-0.3, -0.25) is 14.6 Å². The standard InChI is InChI=1S/C35H47N5/c1-8-31(29-10-9-11-33-35(25(5)18-29)37-22-36-33)34(23(2)3)32-20-28(13-12-24(32)4)27-14-16-40(17-15-27)21-30-19-26(6)39(7)38-30/h10,12-13,18-20,22-23,27,33H,8-9,11,14-17,21H2,1-7H3/b25-18-,29-10+,34-31+. The first-order chi connectivity index (χ1) is 19.2. The van der Waals surface area contributed by atoms with Crippen molar-refractivity contribution in [2.24, 2.45) is 23.0 Å². The Bertz CT molecular complexity index is 1370. The lowest BCUT2D eigenvalue weighted by Gasteiger charge is -2.32. The number of aryl methyl sites for hydroxylation is 3. The van der Waals surface area contributed by atoms with Gasteiger partial charge in [0.25, 0.3) is 0 Å². The molecule has 1 saturated heterocycles. The number of aromatic nitrogens is 2. The molecule has 1 atom stereocenters. The lowest BCUT2D eigenvalue weighted by Crippen LogP contribution is -2.32. The molecule has 212 valence electrons. The number of piperidine rings is 1. The van der Waals surface area contributed by atoms with Crippen molar-refractivity contribution in [3.8, 4) is 0 Å². The van der Waals surface area contributed by atoms with E-state index in [2.05, 4.69) is 97.9 Å². The molecule has 5 heteroatoms. The number of nitrogens with zero attached hydrogens (tertiary/aromatic N) is 5. The highest BCUT2D eigenvalue weighted by molar-refractivity contribution is 6.10. The molecule has 1 aromatic carbocycles. The van der Waals surface area contributed by atoms with Crippen molar-refractivity contribution in [3.05, 3.63) is 81.2 Å². The number of rotatable bonds is 7. The number of benzene rings is 1. The normalized spacial score (nSPS) is 23.6. The molecule has 1 aliphatic carbocycles. The van der Waals surface area contributed by atoms with Gasteiger partial charge in [-0.2, -0.15) is 5.10 Å². The molecule has 1 fully saturated rings. The maximum absolute atomic E-state index is 4.68. The minimum atomic E-state index is 0.228. The molecule has 3 aliphatic rings. The van der Waals surface area contributed by atoms with Gasteiger partial charge in [-0.05, 0) is 123 Å². The van der Waals surface area contributed by atoms with Gasteiger partial charge in [0.05, 0.1) is 17.4 Å². The maximum atomic E-state index is 4.68. The highest BCUT2D eigenvalue weighted by atomic mass is 15.3. The van der Waals surface area contributed by atoms with Crippen LogP contribution in [0.5, 0.6) is 0 Å². The summed E-state index contributed by atoms with van der Waals surface area (Å²) in [6.45, 7) is 16.9. The van der Waals surface area contributed by atoms with E-state index in [1.54, 1.807) is 6.34 Å². The summed E-state index contributed by atoms with van der Waals surface area (Å²) in [5.74, 6) is 1.05. The monoisotopic (exact) mass is 537 g/mol. The van der Waals surface area contributed by atoms with Crippen LogP contribution in [-0.2, 0) is 13.6 Å². The van der Waals surface area contributed by atoms with Gasteiger partial charge in [0, 0.05) is 19.3 Å². The predicted octanol–water partition coefficient (Wildman–Crippen LogP) is 7.75. The average molecular weight is 538 g/mol. The molecule has 5 rings (SSSR count). The lowest BCUT2D eigenvalue weighted by atomic mass is 9.80. The summed E-state index contributed by atoms with van der Waals surface area (Å²) in [6, 6.07) is 9.74. The largest absolute Gasteiger partial charge is 0.297 e. The van der Waals surface area contributed by atoms with Gasteiger partial charge < -0.3 is 0 Å². The van der Waals surface area contributed by atoms with Gasteiger partial charge in [-0.1, -0.05) is 51.1 Å². The highest BCUT2D eigenvalue weighted by Gasteiger charge is 2.25. The second kappa shape index (κ2) is 12.2. The van der Waals surface area contributed by atoms with Crippen molar-refractivity contribution < 1.29 is 0 Å². The van der Waals surface area contributed by atoms with Crippen molar-refractivity contribution in [1.29, 1.82) is 0 Å². The van der Waals surface area contributed by atoms with Gasteiger partial charge in [0.2, 0.25) is 0 Å². The summed E-state index contributed by atoms with van der Waals surface area (Å²) in [6.07, 6.45) is 12.1. The third kappa shape index (κ3) is 6.00. The second-order valence-electron chi connectivity index (χ2n) is 12.3. The minimum absolute atomic E-state index is 0.228. The smallest absolute Gasteiger partial charge is 0.111 e. The Morgan fingerprint density at radius 3 is 2.50 bits per heavy atom. The fourth-order valence-corrected chi connectivity index (χ4v) is 6.80. The molecule has 3 heterocycles. The number of hydrogen-bond acceptors (Lipinski definition) is 4. The molecule has 2 aliphatic heterocycles. The van der Waals surface area contributed by atoms with Gasteiger partial charge in [-0.25, -0.2) is 4.99 Å². The molecule has 0 amide bonds. The molecular weight excluding hydrogens is 490 g/mol. The predicted molar refractivity (Wildman–Crippen MR) is 169 cm³/mol. The summed E-state index contributed by atoms with van der Waals surface area (Å²) in [5.41, 5.74) is 13.5. The van der Waals surface area contributed by atoms with Crippen LogP contribution in [0.15, 0.2) is 63.1 Å².